The van der Waals surface area contributed by atoms with Crippen molar-refractivity contribution in [2.45, 2.75) is 39.3 Å². The van der Waals surface area contributed by atoms with Gasteiger partial charge in [-0.2, -0.15) is 0 Å². The molecule has 0 saturated carbocycles. The quantitative estimate of drug-likeness (QED) is 0.876. The second kappa shape index (κ2) is 5.48. The number of aromatic carboxylic acids is 1. The first kappa shape index (κ1) is 14.6. The molecule has 0 atom stereocenters. The smallest absolute Gasteiger partial charge is 0.338 e. The van der Waals surface area contributed by atoms with Gasteiger partial charge < -0.3 is 5.11 Å². The van der Waals surface area contributed by atoms with Gasteiger partial charge in [0.05, 0.1) is 5.56 Å². The summed E-state index contributed by atoms with van der Waals surface area (Å²) >= 11 is 0. The molecule has 0 aliphatic carbocycles. The molecule has 0 bridgehead atoms. The monoisotopic (exact) mass is 253 g/mol. The van der Waals surface area contributed by atoms with Crippen LogP contribution >= 0.6 is 0 Å². The molecule has 0 saturated heterocycles. The van der Waals surface area contributed by atoms with E-state index in [1.807, 2.05) is 7.05 Å². The van der Waals surface area contributed by atoms with Crippen molar-refractivity contribution in [3.63, 3.8) is 0 Å². The molecule has 0 fully saturated rings. The highest BCUT2D eigenvalue weighted by Gasteiger charge is 2.21. The van der Waals surface area contributed by atoms with Crippen LogP contribution in [0, 0.1) is 5.82 Å². The van der Waals surface area contributed by atoms with Crippen molar-refractivity contribution in [3.05, 3.63) is 35.1 Å². The molecule has 100 valence electrons. The zero-order valence-electron chi connectivity index (χ0n) is 11.3. The largest absolute Gasteiger partial charge is 0.478 e. The van der Waals surface area contributed by atoms with E-state index in [2.05, 4.69) is 25.7 Å². The predicted octanol–water partition coefficient (Wildman–Crippen LogP) is 3.14. The molecule has 0 unspecified atom stereocenters. The van der Waals surface area contributed by atoms with Gasteiger partial charge in [-0.1, -0.05) is 13.0 Å². The summed E-state index contributed by atoms with van der Waals surface area (Å²) in [6.45, 7) is 6.94. The van der Waals surface area contributed by atoms with Crippen LogP contribution in [0.1, 0.15) is 43.1 Å². The number of nitrogens with zero attached hydrogens (tertiary/aromatic N) is 1. The Kier molecular flexibility index (Phi) is 4.46. The predicted molar refractivity (Wildman–Crippen MR) is 69.2 cm³/mol. The van der Waals surface area contributed by atoms with Crippen molar-refractivity contribution >= 4 is 5.97 Å². The molecular formula is C14H20FNO2. The minimum Gasteiger partial charge on any atom is -0.478 e. The van der Waals surface area contributed by atoms with E-state index in [0.29, 0.717) is 6.54 Å². The number of hydrogen-bond donors (Lipinski definition) is 1. The lowest BCUT2D eigenvalue weighted by molar-refractivity contribution is 0.0691. The van der Waals surface area contributed by atoms with Crippen LogP contribution in [0.15, 0.2) is 18.2 Å². The summed E-state index contributed by atoms with van der Waals surface area (Å²) in [7, 11) is 1.98. The molecule has 1 aromatic carbocycles. The first-order valence-electron chi connectivity index (χ1n) is 6.01. The minimum absolute atomic E-state index is 0.0256. The molecule has 0 spiro atoms. The SMILES string of the molecule is CCC(C)(C)N(C)Cc1ccc(F)c(C(=O)O)c1. The molecule has 0 aliphatic heterocycles. The van der Waals surface area contributed by atoms with Crippen LogP contribution in [0.25, 0.3) is 0 Å². The average molecular weight is 253 g/mol. The second-order valence-corrected chi connectivity index (χ2v) is 5.14. The molecule has 0 heterocycles. The van der Waals surface area contributed by atoms with Gasteiger partial charge in [-0.05, 0) is 45.0 Å². The lowest BCUT2D eigenvalue weighted by Gasteiger charge is -2.34. The van der Waals surface area contributed by atoms with E-state index in [4.69, 9.17) is 5.11 Å². The zero-order chi connectivity index (χ0) is 13.9. The second-order valence-electron chi connectivity index (χ2n) is 5.14. The first-order valence-corrected chi connectivity index (χ1v) is 6.01. The van der Waals surface area contributed by atoms with Crippen LogP contribution in [0.4, 0.5) is 4.39 Å². The topological polar surface area (TPSA) is 40.5 Å². The van der Waals surface area contributed by atoms with E-state index in [1.165, 1.54) is 12.1 Å². The summed E-state index contributed by atoms with van der Waals surface area (Å²) < 4.78 is 13.3. The molecule has 1 aromatic rings. The molecule has 0 amide bonds. The average Bonchev–Trinajstić information content (AvgIpc) is 2.31. The molecular weight excluding hydrogens is 233 g/mol. The summed E-state index contributed by atoms with van der Waals surface area (Å²) in [5.74, 6) is -1.92. The third-order valence-corrected chi connectivity index (χ3v) is 3.58. The van der Waals surface area contributed by atoms with Gasteiger partial charge in [0.2, 0.25) is 0 Å². The first-order chi connectivity index (χ1) is 8.27. The van der Waals surface area contributed by atoms with Gasteiger partial charge in [0.1, 0.15) is 5.82 Å². The molecule has 0 aromatic heterocycles. The third kappa shape index (κ3) is 3.29. The Hall–Kier alpha value is -1.42. The lowest BCUT2D eigenvalue weighted by atomic mass is 9.99. The van der Waals surface area contributed by atoms with E-state index in [0.717, 1.165) is 12.0 Å². The van der Waals surface area contributed by atoms with Gasteiger partial charge in [-0.15, -0.1) is 0 Å². The van der Waals surface area contributed by atoms with E-state index in [1.54, 1.807) is 6.07 Å². The molecule has 4 heteroatoms. The van der Waals surface area contributed by atoms with Crippen LogP contribution in [-0.4, -0.2) is 28.6 Å². The van der Waals surface area contributed by atoms with E-state index in [-0.39, 0.29) is 11.1 Å². The summed E-state index contributed by atoms with van der Waals surface area (Å²) in [6, 6.07) is 4.25. The van der Waals surface area contributed by atoms with Crippen molar-refractivity contribution in [3.8, 4) is 0 Å². The maximum atomic E-state index is 13.3. The van der Waals surface area contributed by atoms with Gasteiger partial charge in [0.15, 0.2) is 0 Å². The van der Waals surface area contributed by atoms with Gasteiger partial charge in [0, 0.05) is 12.1 Å². The van der Waals surface area contributed by atoms with Crippen LogP contribution in [-0.2, 0) is 6.54 Å². The molecule has 0 radical (unpaired) electrons. The van der Waals surface area contributed by atoms with Crippen molar-refractivity contribution in [1.29, 1.82) is 0 Å². The Labute approximate surface area is 107 Å². The van der Waals surface area contributed by atoms with Gasteiger partial charge >= 0.3 is 5.97 Å². The van der Waals surface area contributed by atoms with Crippen LogP contribution in [0.3, 0.4) is 0 Å². The fourth-order valence-electron chi connectivity index (χ4n) is 1.59. The van der Waals surface area contributed by atoms with E-state index < -0.39 is 11.8 Å². The highest BCUT2D eigenvalue weighted by Crippen LogP contribution is 2.20. The maximum absolute atomic E-state index is 13.3. The molecule has 3 nitrogen and oxygen atoms in total. The Balaban J connectivity index is 2.93. The minimum atomic E-state index is -1.23. The van der Waals surface area contributed by atoms with Crippen LogP contribution < -0.4 is 0 Å². The lowest BCUT2D eigenvalue weighted by Crippen LogP contribution is -2.39. The normalized spacial score (nSPS) is 11.9. The maximum Gasteiger partial charge on any atom is 0.338 e. The van der Waals surface area contributed by atoms with E-state index in [9.17, 15) is 9.18 Å². The molecule has 18 heavy (non-hydrogen) atoms. The summed E-state index contributed by atoms with van der Waals surface area (Å²) in [4.78, 5) is 13.0. The highest BCUT2D eigenvalue weighted by molar-refractivity contribution is 5.88. The van der Waals surface area contributed by atoms with Crippen molar-refractivity contribution in [2.24, 2.45) is 0 Å². The Bertz CT molecular complexity index is 443. The number of hydrogen-bond acceptors (Lipinski definition) is 2. The Morgan fingerprint density at radius 1 is 1.44 bits per heavy atom. The number of carboxylic acids is 1. The van der Waals surface area contributed by atoms with Crippen LogP contribution in [0.2, 0.25) is 0 Å². The summed E-state index contributed by atoms with van der Waals surface area (Å²) in [6.07, 6.45) is 0.983. The number of halogens is 1. The third-order valence-electron chi connectivity index (χ3n) is 3.58. The summed E-state index contributed by atoms with van der Waals surface area (Å²) in [5, 5.41) is 8.88. The number of rotatable bonds is 5. The van der Waals surface area contributed by atoms with Gasteiger partial charge in [-0.25, -0.2) is 9.18 Å². The van der Waals surface area contributed by atoms with Crippen molar-refractivity contribution in [1.82, 2.24) is 4.90 Å². The standard InChI is InChI=1S/C14H20FNO2/c1-5-14(2,3)16(4)9-10-6-7-12(15)11(8-10)13(17)18/h6-8H,5,9H2,1-4H3,(H,17,18). The fraction of sp³-hybridized carbons (Fsp3) is 0.500. The zero-order valence-corrected chi connectivity index (χ0v) is 11.3. The fourth-order valence-corrected chi connectivity index (χ4v) is 1.59. The van der Waals surface area contributed by atoms with Crippen molar-refractivity contribution in [2.75, 3.05) is 7.05 Å². The number of benzene rings is 1. The molecule has 1 N–H and O–H groups in total. The van der Waals surface area contributed by atoms with Gasteiger partial charge in [0.25, 0.3) is 0 Å². The molecule has 0 aliphatic rings. The van der Waals surface area contributed by atoms with E-state index >= 15 is 0 Å². The molecule has 1 rings (SSSR count). The van der Waals surface area contributed by atoms with Crippen molar-refractivity contribution < 1.29 is 14.3 Å². The summed E-state index contributed by atoms with van der Waals surface area (Å²) in [5.41, 5.74) is 0.561. The number of carbonyl (C=O) groups is 1. The van der Waals surface area contributed by atoms with Crippen LogP contribution in [0.5, 0.6) is 0 Å². The van der Waals surface area contributed by atoms with Gasteiger partial charge in [-0.3, -0.25) is 4.90 Å². The Morgan fingerprint density at radius 3 is 2.56 bits per heavy atom. The highest BCUT2D eigenvalue weighted by atomic mass is 19.1. The number of carboxylic acid groups (broad SMARTS) is 1. The Morgan fingerprint density at radius 2 is 2.06 bits per heavy atom.